The Hall–Kier alpha value is -2.76. The first-order chi connectivity index (χ1) is 8.93. The SMILES string of the molecule is c1ccc(Oc2ccccc2-n2ncnn2)nc1. The Morgan fingerprint density at radius 1 is 1.00 bits per heavy atom. The lowest BCUT2D eigenvalue weighted by atomic mass is 10.3. The van der Waals surface area contributed by atoms with Crippen LogP contribution in [0.3, 0.4) is 0 Å². The Morgan fingerprint density at radius 2 is 1.89 bits per heavy atom. The summed E-state index contributed by atoms with van der Waals surface area (Å²) in [6, 6.07) is 12.9. The molecule has 18 heavy (non-hydrogen) atoms. The summed E-state index contributed by atoms with van der Waals surface area (Å²) >= 11 is 0. The molecule has 0 radical (unpaired) electrons. The maximum Gasteiger partial charge on any atom is 0.219 e. The van der Waals surface area contributed by atoms with Gasteiger partial charge in [0.15, 0.2) is 12.1 Å². The highest BCUT2D eigenvalue weighted by Crippen LogP contribution is 2.25. The molecule has 3 aromatic rings. The van der Waals surface area contributed by atoms with Crippen molar-refractivity contribution >= 4 is 0 Å². The van der Waals surface area contributed by atoms with Crippen molar-refractivity contribution in [3.05, 3.63) is 55.0 Å². The molecule has 0 saturated heterocycles. The molecule has 3 rings (SSSR count). The zero-order chi connectivity index (χ0) is 12.2. The minimum absolute atomic E-state index is 0.519. The number of nitrogens with zero attached hydrogens (tertiary/aromatic N) is 5. The number of tetrazole rings is 1. The maximum absolute atomic E-state index is 5.69. The number of aromatic nitrogens is 5. The van der Waals surface area contributed by atoms with Crippen LogP contribution in [0.4, 0.5) is 0 Å². The number of hydrogen-bond donors (Lipinski definition) is 0. The Morgan fingerprint density at radius 3 is 2.67 bits per heavy atom. The number of benzene rings is 1. The number of ether oxygens (including phenoxy) is 1. The average Bonchev–Trinajstić information content (AvgIpc) is 2.94. The minimum Gasteiger partial charge on any atom is -0.437 e. The summed E-state index contributed by atoms with van der Waals surface area (Å²) in [5.41, 5.74) is 0.709. The van der Waals surface area contributed by atoms with Crippen LogP contribution in [0.2, 0.25) is 0 Å². The quantitative estimate of drug-likeness (QED) is 0.697. The van der Waals surface area contributed by atoms with Crippen molar-refractivity contribution < 1.29 is 4.74 Å². The molecule has 2 aromatic heterocycles. The Balaban J connectivity index is 1.98. The van der Waals surface area contributed by atoms with E-state index in [-0.39, 0.29) is 0 Å². The predicted octanol–water partition coefficient (Wildman–Crippen LogP) is 1.85. The maximum atomic E-state index is 5.69. The zero-order valence-electron chi connectivity index (χ0n) is 9.34. The van der Waals surface area contributed by atoms with Crippen LogP contribution < -0.4 is 4.74 Å². The van der Waals surface area contributed by atoms with Gasteiger partial charge in [0.1, 0.15) is 5.69 Å². The average molecular weight is 239 g/mol. The van der Waals surface area contributed by atoms with Crippen LogP contribution in [-0.2, 0) is 0 Å². The molecule has 1 aromatic carbocycles. The summed E-state index contributed by atoms with van der Waals surface area (Å²) < 4.78 is 5.69. The van der Waals surface area contributed by atoms with Gasteiger partial charge >= 0.3 is 0 Å². The molecule has 0 saturated carbocycles. The van der Waals surface area contributed by atoms with Gasteiger partial charge in [0, 0.05) is 12.3 Å². The van der Waals surface area contributed by atoms with E-state index in [2.05, 4.69) is 20.4 Å². The van der Waals surface area contributed by atoms with E-state index in [4.69, 9.17) is 4.74 Å². The molecule has 6 heteroatoms. The number of rotatable bonds is 3. The van der Waals surface area contributed by atoms with E-state index in [1.807, 2.05) is 36.4 Å². The van der Waals surface area contributed by atoms with Crippen molar-refractivity contribution in [3.8, 4) is 17.3 Å². The summed E-state index contributed by atoms with van der Waals surface area (Å²) in [6.45, 7) is 0. The van der Waals surface area contributed by atoms with E-state index in [1.54, 1.807) is 12.3 Å². The molecular weight excluding hydrogens is 230 g/mol. The highest BCUT2D eigenvalue weighted by Gasteiger charge is 2.08. The molecule has 0 aliphatic rings. The second-order valence-corrected chi connectivity index (χ2v) is 3.46. The number of hydrogen-bond acceptors (Lipinski definition) is 5. The summed E-state index contributed by atoms with van der Waals surface area (Å²) in [5, 5.41) is 11.5. The van der Waals surface area contributed by atoms with E-state index < -0.39 is 0 Å². The van der Waals surface area contributed by atoms with Gasteiger partial charge in [0.05, 0.1) is 0 Å². The van der Waals surface area contributed by atoms with Gasteiger partial charge in [-0.1, -0.05) is 18.2 Å². The highest BCUT2D eigenvalue weighted by atomic mass is 16.5. The fraction of sp³-hybridized carbons (Fsp3) is 0. The molecule has 6 nitrogen and oxygen atoms in total. The Bertz CT molecular complexity index is 624. The molecule has 0 fully saturated rings. The molecule has 0 amide bonds. The fourth-order valence-electron chi connectivity index (χ4n) is 1.51. The monoisotopic (exact) mass is 239 g/mol. The third-order valence-corrected chi connectivity index (χ3v) is 2.28. The lowest BCUT2D eigenvalue weighted by Gasteiger charge is -2.08. The van der Waals surface area contributed by atoms with Crippen LogP contribution in [0.25, 0.3) is 5.69 Å². The van der Waals surface area contributed by atoms with E-state index in [0.717, 1.165) is 0 Å². The summed E-state index contributed by atoms with van der Waals surface area (Å²) in [6.07, 6.45) is 3.04. The molecular formula is C12H9N5O. The third-order valence-electron chi connectivity index (χ3n) is 2.28. The number of pyridine rings is 1. The number of para-hydroxylation sites is 2. The van der Waals surface area contributed by atoms with Crippen LogP contribution in [0, 0.1) is 0 Å². The van der Waals surface area contributed by atoms with Gasteiger partial charge in [-0.15, -0.1) is 15.0 Å². The van der Waals surface area contributed by atoms with Crippen molar-refractivity contribution in [1.82, 2.24) is 25.2 Å². The van der Waals surface area contributed by atoms with Crippen LogP contribution >= 0.6 is 0 Å². The molecule has 0 atom stereocenters. The summed E-state index contributed by atoms with van der Waals surface area (Å²) in [4.78, 5) is 5.51. The Labute approximate surface area is 103 Å². The molecule has 0 bridgehead atoms. The minimum atomic E-state index is 0.519. The van der Waals surface area contributed by atoms with Crippen LogP contribution in [0.5, 0.6) is 11.6 Å². The van der Waals surface area contributed by atoms with Crippen LogP contribution in [-0.4, -0.2) is 25.2 Å². The molecule has 0 N–H and O–H groups in total. The largest absolute Gasteiger partial charge is 0.437 e. The molecule has 0 spiro atoms. The summed E-state index contributed by atoms with van der Waals surface area (Å²) in [7, 11) is 0. The lowest BCUT2D eigenvalue weighted by molar-refractivity contribution is 0.456. The van der Waals surface area contributed by atoms with Gasteiger partial charge in [-0.2, -0.15) is 0 Å². The van der Waals surface area contributed by atoms with Gasteiger partial charge in [-0.05, 0) is 23.4 Å². The predicted molar refractivity (Wildman–Crippen MR) is 63.5 cm³/mol. The van der Waals surface area contributed by atoms with Crippen molar-refractivity contribution in [3.63, 3.8) is 0 Å². The zero-order valence-corrected chi connectivity index (χ0v) is 9.34. The van der Waals surface area contributed by atoms with Crippen molar-refractivity contribution in [1.29, 1.82) is 0 Å². The van der Waals surface area contributed by atoms with Crippen molar-refractivity contribution in [2.75, 3.05) is 0 Å². The molecule has 88 valence electrons. The first-order valence-electron chi connectivity index (χ1n) is 5.35. The van der Waals surface area contributed by atoms with E-state index in [0.29, 0.717) is 17.3 Å². The van der Waals surface area contributed by atoms with Gasteiger partial charge < -0.3 is 4.74 Å². The summed E-state index contributed by atoms with van der Waals surface area (Å²) in [5.74, 6) is 1.14. The van der Waals surface area contributed by atoms with E-state index >= 15 is 0 Å². The van der Waals surface area contributed by atoms with Crippen molar-refractivity contribution in [2.45, 2.75) is 0 Å². The van der Waals surface area contributed by atoms with Crippen molar-refractivity contribution in [2.24, 2.45) is 0 Å². The normalized spacial score (nSPS) is 10.2. The van der Waals surface area contributed by atoms with E-state index in [1.165, 1.54) is 11.1 Å². The molecule has 0 unspecified atom stereocenters. The third kappa shape index (κ3) is 2.03. The standard InChI is InChI=1S/C12H9N5O/c1-2-6-11(18-12-7-3-4-8-13-12)10(5-1)17-15-9-14-16-17/h1-9H. The van der Waals surface area contributed by atoms with Crippen LogP contribution in [0.1, 0.15) is 0 Å². The molecule has 0 aliphatic carbocycles. The highest BCUT2D eigenvalue weighted by molar-refractivity contribution is 5.46. The van der Waals surface area contributed by atoms with E-state index in [9.17, 15) is 0 Å². The second-order valence-electron chi connectivity index (χ2n) is 3.46. The molecule has 2 heterocycles. The Kier molecular flexibility index (Phi) is 2.67. The second kappa shape index (κ2) is 4.62. The molecule has 0 aliphatic heterocycles. The smallest absolute Gasteiger partial charge is 0.219 e. The van der Waals surface area contributed by atoms with Gasteiger partial charge in [0.25, 0.3) is 0 Å². The first-order valence-corrected chi connectivity index (χ1v) is 5.35. The fourth-order valence-corrected chi connectivity index (χ4v) is 1.51. The van der Waals surface area contributed by atoms with Gasteiger partial charge in [0.2, 0.25) is 5.88 Å². The van der Waals surface area contributed by atoms with Crippen LogP contribution in [0.15, 0.2) is 55.0 Å². The lowest BCUT2D eigenvalue weighted by Crippen LogP contribution is -2.01. The van der Waals surface area contributed by atoms with Gasteiger partial charge in [-0.25, -0.2) is 4.98 Å². The first kappa shape index (κ1) is 10.4. The van der Waals surface area contributed by atoms with Gasteiger partial charge in [-0.3, -0.25) is 0 Å². The topological polar surface area (TPSA) is 65.7 Å².